The maximum atomic E-state index is 14.4. The maximum absolute atomic E-state index is 14.4. The lowest BCUT2D eigenvalue weighted by Gasteiger charge is -2.41. The summed E-state index contributed by atoms with van der Waals surface area (Å²) in [5, 5.41) is -0.434. The van der Waals surface area contributed by atoms with Gasteiger partial charge in [0.25, 0.3) is 0 Å². The van der Waals surface area contributed by atoms with Crippen LogP contribution in [0.5, 0.6) is 5.75 Å². The molecule has 1 aromatic rings. The van der Waals surface area contributed by atoms with Gasteiger partial charge in [-0.05, 0) is 17.0 Å². The minimum Gasteiger partial charge on any atom is -0.487 e. The lowest BCUT2D eigenvalue weighted by Crippen LogP contribution is -2.42. The first-order valence-electron chi connectivity index (χ1n) is 7.87. The van der Waals surface area contributed by atoms with E-state index in [4.69, 9.17) is 9.47 Å². The van der Waals surface area contributed by atoms with Crippen LogP contribution in [0, 0.1) is 17.0 Å². The van der Waals surface area contributed by atoms with Gasteiger partial charge in [-0.3, -0.25) is 0 Å². The SMILES string of the molecule is BC(B)(c1cc(F)cc(F)c1OC1CCOCC1)C(C)(C)C. The molecule has 0 radical (unpaired) electrons. The Morgan fingerprint density at radius 2 is 1.73 bits per heavy atom. The predicted octanol–water partition coefficient (Wildman–Crippen LogP) is 1.99. The molecular weight excluding hydrogens is 284 g/mol. The summed E-state index contributed by atoms with van der Waals surface area (Å²) in [6.45, 7) is 7.42. The second-order valence-electron chi connectivity index (χ2n) is 7.57. The zero-order chi connectivity index (χ0) is 16.5. The number of hydrogen-bond acceptors (Lipinski definition) is 2. The number of hydrogen-bond donors (Lipinski definition) is 0. The van der Waals surface area contributed by atoms with E-state index < -0.39 is 16.8 Å². The topological polar surface area (TPSA) is 18.5 Å². The van der Waals surface area contributed by atoms with E-state index in [0.29, 0.717) is 18.8 Å². The Hall–Kier alpha value is -1.03. The van der Waals surface area contributed by atoms with Crippen molar-refractivity contribution in [2.45, 2.75) is 44.9 Å². The first kappa shape index (κ1) is 17.3. The van der Waals surface area contributed by atoms with Crippen molar-refractivity contribution >= 4 is 15.7 Å². The standard InChI is InChI=1S/C16H24B2F2O2/c1-15(2,3)16(17,18)12-8-10(19)9-13(20)14(12)22-11-4-6-21-7-5-11/h8-9,11H,4-7,17-18H2,1-3H3. The molecule has 1 heterocycles. The van der Waals surface area contributed by atoms with Crippen molar-refractivity contribution in [3.8, 4) is 5.75 Å². The van der Waals surface area contributed by atoms with Gasteiger partial charge in [-0.15, -0.1) is 0 Å². The summed E-state index contributed by atoms with van der Waals surface area (Å²) in [7, 11) is 4.00. The van der Waals surface area contributed by atoms with Crippen molar-refractivity contribution in [3.05, 3.63) is 29.3 Å². The lowest BCUT2D eigenvalue weighted by atomic mass is 9.41. The van der Waals surface area contributed by atoms with Gasteiger partial charge in [0, 0.05) is 18.9 Å². The molecule has 1 fully saturated rings. The second kappa shape index (κ2) is 6.23. The quantitative estimate of drug-likeness (QED) is 0.795. The second-order valence-corrected chi connectivity index (χ2v) is 7.57. The molecule has 1 aromatic carbocycles. The maximum Gasteiger partial charge on any atom is 0.168 e. The van der Waals surface area contributed by atoms with E-state index in [1.54, 1.807) is 0 Å². The van der Waals surface area contributed by atoms with Crippen LogP contribution in [0.3, 0.4) is 0 Å². The van der Waals surface area contributed by atoms with Crippen LogP contribution in [0.2, 0.25) is 0 Å². The highest BCUT2D eigenvalue weighted by atomic mass is 19.1. The minimum absolute atomic E-state index is 0.0803. The lowest BCUT2D eigenvalue weighted by molar-refractivity contribution is 0.0232. The smallest absolute Gasteiger partial charge is 0.168 e. The summed E-state index contributed by atoms with van der Waals surface area (Å²) < 4.78 is 39.4. The summed E-state index contributed by atoms with van der Waals surface area (Å²) in [5.41, 5.74) is 0.421. The van der Waals surface area contributed by atoms with Gasteiger partial charge in [0.2, 0.25) is 0 Å². The molecule has 1 saturated heterocycles. The molecule has 2 rings (SSSR count). The molecule has 1 aliphatic heterocycles. The third kappa shape index (κ3) is 3.48. The van der Waals surface area contributed by atoms with Gasteiger partial charge in [0.1, 0.15) is 27.6 Å². The van der Waals surface area contributed by atoms with Crippen molar-refractivity contribution in [2.24, 2.45) is 5.41 Å². The molecule has 0 amide bonds. The molecule has 0 unspecified atom stereocenters. The fourth-order valence-electron chi connectivity index (χ4n) is 2.51. The van der Waals surface area contributed by atoms with E-state index in [-0.39, 0.29) is 17.3 Å². The third-order valence-electron chi connectivity index (χ3n) is 5.01. The van der Waals surface area contributed by atoms with Crippen LogP contribution in [-0.4, -0.2) is 35.0 Å². The molecule has 0 saturated carbocycles. The van der Waals surface area contributed by atoms with Crippen molar-refractivity contribution in [1.29, 1.82) is 0 Å². The summed E-state index contributed by atoms with van der Waals surface area (Å²) in [5.74, 6) is -1.00. The van der Waals surface area contributed by atoms with Crippen molar-refractivity contribution in [3.63, 3.8) is 0 Å². The normalized spacial score (nSPS) is 17.5. The third-order valence-corrected chi connectivity index (χ3v) is 5.01. The molecule has 1 aliphatic rings. The Labute approximate surface area is 133 Å². The monoisotopic (exact) mass is 308 g/mol. The highest BCUT2D eigenvalue weighted by Gasteiger charge is 2.38. The summed E-state index contributed by atoms with van der Waals surface area (Å²) >= 11 is 0. The molecule has 0 aromatic heterocycles. The molecule has 120 valence electrons. The fourth-order valence-corrected chi connectivity index (χ4v) is 2.51. The van der Waals surface area contributed by atoms with Crippen LogP contribution in [0.4, 0.5) is 8.78 Å². The van der Waals surface area contributed by atoms with Crippen molar-refractivity contribution in [1.82, 2.24) is 0 Å². The molecule has 22 heavy (non-hydrogen) atoms. The van der Waals surface area contributed by atoms with Gasteiger partial charge in [-0.1, -0.05) is 26.0 Å². The summed E-state index contributed by atoms with van der Waals surface area (Å²) in [6, 6.07) is 2.31. The fraction of sp³-hybridized carbons (Fsp3) is 0.625. The molecule has 0 bridgehead atoms. The van der Waals surface area contributed by atoms with Crippen molar-refractivity contribution < 1.29 is 18.3 Å². The van der Waals surface area contributed by atoms with Crippen LogP contribution in [-0.2, 0) is 9.95 Å². The molecule has 0 N–H and O–H groups in total. The number of halogens is 2. The van der Waals surface area contributed by atoms with E-state index in [2.05, 4.69) is 20.8 Å². The molecule has 0 aliphatic carbocycles. The van der Waals surface area contributed by atoms with Gasteiger partial charge in [0.05, 0.1) is 13.2 Å². The van der Waals surface area contributed by atoms with Crippen LogP contribution in [0.25, 0.3) is 0 Å². The highest BCUT2D eigenvalue weighted by Crippen LogP contribution is 2.42. The summed E-state index contributed by atoms with van der Waals surface area (Å²) in [4.78, 5) is 0. The number of benzene rings is 1. The van der Waals surface area contributed by atoms with Crippen LogP contribution >= 0.6 is 0 Å². The Morgan fingerprint density at radius 3 is 2.27 bits per heavy atom. The Kier molecular flexibility index (Phi) is 4.90. The molecule has 2 nitrogen and oxygen atoms in total. The van der Waals surface area contributed by atoms with Gasteiger partial charge < -0.3 is 9.47 Å². The van der Waals surface area contributed by atoms with Crippen LogP contribution < -0.4 is 4.74 Å². The zero-order valence-electron chi connectivity index (χ0n) is 14.1. The van der Waals surface area contributed by atoms with Crippen molar-refractivity contribution in [2.75, 3.05) is 13.2 Å². The van der Waals surface area contributed by atoms with Gasteiger partial charge in [0.15, 0.2) is 11.6 Å². The largest absolute Gasteiger partial charge is 0.487 e. The zero-order valence-corrected chi connectivity index (χ0v) is 14.1. The van der Waals surface area contributed by atoms with E-state index in [0.717, 1.165) is 18.9 Å². The Bertz CT molecular complexity index is 536. The molecule has 0 spiro atoms. The number of ether oxygens (including phenoxy) is 2. The van der Waals surface area contributed by atoms with Crippen LogP contribution in [0.1, 0.15) is 39.2 Å². The predicted molar refractivity (Wildman–Crippen MR) is 89.0 cm³/mol. The van der Waals surface area contributed by atoms with E-state index in [9.17, 15) is 8.78 Å². The Balaban J connectivity index is 2.43. The highest BCUT2D eigenvalue weighted by molar-refractivity contribution is 6.41. The van der Waals surface area contributed by atoms with Gasteiger partial charge >= 0.3 is 0 Å². The van der Waals surface area contributed by atoms with Gasteiger partial charge in [-0.2, -0.15) is 0 Å². The molecule has 6 heteroatoms. The van der Waals surface area contributed by atoms with E-state index >= 15 is 0 Å². The average Bonchev–Trinajstić information content (AvgIpc) is 2.41. The summed E-state index contributed by atoms with van der Waals surface area (Å²) in [6.07, 6.45) is 1.38. The average molecular weight is 308 g/mol. The van der Waals surface area contributed by atoms with E-state index in [1.807, 2.05) is 15.7 Å². The minimum atomic E-state index is -0.626. The first-order valence-corrected chi connectivity index (χ1v) is 7.87. The molecule has 0 atom stereocenters. The number of rotatable bonds is 3. The van der Waals surface area contributed by atoms with E-state index in [1.165, 1.54) is 6.07 Å². The molecular formula is C16H24B2F2O2. The Morgan fingerprint density at radius 1 is 1.14 bits per heavy atom. The van der Waals surface area contributed by atoms with Gasteiger partial charge in [-0.25, -0.2) is 8.78 Å². The van der Waals surface area contributed by atoms with Crippen LogP contribution in [0.15, 0.2) is 12.1 Å². The first-order chi connectivity index (χ1) is 10.1.